The Morgan fingerprint density at radius 2 is 1.91 bits per heavy atom. The van der Waals surface area contributed by atoms with Gasteiger partial charge in [0.25, 0.3) is 10.1 Å². The van der Waals surface area contributed by atoms with Gasteiger partial charge in [-0.25, -0.2) is 4.79 Å². The third-order valence-corrected chi connectivity index (χ3v) is 9.37. The molecule has 4 aliphatic rings. The van der Waals surface area contributed by atoms with E-state index in [1.165, 1.54) is 5.57 Å². The summed E-state index contributed by atoms with van der Waals surface area (Å²) in [5, 5.41) is 0. The maximum absolute atomic E-state index is 12.3. The van der Waals surface area contributed by atoms with E-state index in [0.717, 1.165) is 25.7 Å². The zero-order valence-electron chi connectivity index (χ0n) is 19.6. The van der Waals surface area contributed by atoms with Crippen LogP contribution in [0.15, 0.2) is 23.8 Å². The largest absolute Gasteiger partial charge is 0.462 e. The molecule has 0 bridgehead atoms. The van der Waals surface area contributed by atoms with Gasteiger partial charge in [0.2, 0.25) is 0 Å². The lowest BCUT2D eigenvalue weighted by Crippen LogP contribution is -2.62. The number of rotatable bonds is 4. The summed E-state index contributed by atoms with van der Waals surface area (Å²) >= 11 is 0. The van der Waals surface area contributed by atoms with Gasteiger partial charge in [-0.3, -0.25) is 4.55 Å². The Hall–Kier alpha value is -1.22. The highest BCUT2D eigenvalue weighted by atomic mass is 32.2. The van der Waals surface area contributed by atoms with Crippen molar-refractivity contribution in [1.29, 1.82) is 0 Å². The molecule has 2 aliphatic carbocycles. The number of cyclic esters (lactones) is 1. The minimum atomic E-state index is -4.20. The van der Waals surface area contributed by atoms with Gasteiger partial charge in [0.1, 0.15) is 0 Å². The average molecular weight is 469 g/mol. The third kappa shape index (κ3) is 4.19. The fourth-order valence-electron chi connectivity index (χ4n) is 6.90. The number of esters is 1. The molecule has 2 aliphatic heterocycles. The van der Waals surface area contributed by atoms with Crippen molar-refractivity contribution in [2.75, 3.05) is 19.0 Å². The monoisotopic (exact) mass is 468 g/mol. The van der Waals surface area contributed by atoms with E-state index >= 15 is 0 Å². The van der Waals surface area contributed by atoms with Crippen molar-refractivity contribution in [3.63, 3.8) is 0 Å². The van der Waals surface area contributed by atoms with Crippen LogP contribution in [0.1, 0.15) is 59.8 Å². The second-order valence-electron chi connectivity index (χ2n) is 11.1. The van der Waals surface area contributed by atoms with Crippen LogP contribution in [-0.4, -0.2) is 49.8 Å². The van der Waals surface area contributed by atoms with Gasteiger partial charge in [-0.1, -0.05) is 32.1 Å². The van der Waals surface area contributed by atoms with E-state index in [1.807, 2.05) is 19.9 Å². The first-order chi connectivity index (χ1) is 14.8. The third-order valence-electron chi connectivity index (χ3n) is 8.55. The normalized spacial score (nSPS) is 43.0. The summed E-state index contributed by atoms with van der Waals surface area (Å²) in [6.07, 6.45) is 6.49. The number of ether oxygens (including phenoxy) is 3. The fraction of sp³-hybridized carbons (Fsp3) is 0.792. The van der Waals surface area contributed by atoms with Crippen molar-refractivity contribution in [2.24, 2.45) is 28.6 Å². The Balaban J connectivity index is 1.59. The van der Waals surface area contributed by atoms with Crippen LogP contribution in [0.3, 0.4) is 0 Å². The molecule has 180 valence electrons. The van der Waals surface area contributed by atoms with Crippen molar-refractivity contribution in [3.05, 3.63) is 23.8 Å². The van der Waals surface area contributed by atoms with Crippen LogP contribution in [0.5, 0.6) is 0 Å². The lowest BCUT2D eigenvalue weighted by Gasteiger charge is -2.63. The molecule has 1 N–H and O–H groups in total. The Morgan fingerprint density at radius 3 is 2.59 bits per heavy atom. The average Bonchev–Trinajstić information content (AvgIpc) is 3.00. The maximum atomic E-state index is 12.3. The molecule has 0 amide bonds. The first kappa shape index (κ1) is 23.9. The summed E-state index contributed by atoms with van der Waals surface area (Å²) < 4.78 is 49.6. The minimum absolute atomic E-state index is 0.0137. The molecule has 6 unspecified atom stereocenters. The highest BCUT2D eigenvalue weighted by Crippen LogP contribution is 2.63. The Kier molecular flexibility index (Phi) is 5.93. The second kappa shape index (κ2) is 7.93. The smallest absolute Gasteiger partial charge is 0.334 e. The summed E-state index contributed by atoms with van der Waals surface area (Å²) in [7, 11) is -4.20. The van der Waals surface area contributed by atoms with E-state index in [0.29, 0.717) is 24.5 Å². The van der Waals surface area contributed by atoms with Crippen molar-refractivity contribution >= 4 is 16.1 Å². The Morgan fingerprint density at radius 1 is 1.19 bits per heavy atom. The maximum Gasteiger partial charge on any atom is 0.334 e. The van der Waals surface area contributed by atoms with Crippen molar-refractivity contribution in [3.8, 4) is 0 Å². The highest BCUT2D eigenvalue weighted by molar-refractivity contribution is 7.85. The number of fused-ring (bicyclic) bond motifs is 3. The molecule has 7 nitrogen and oxygen atoms in total. The standard InChI is InChI=1S/C24H36O7S/c1-15-6-9-19-23(4,11-10-20-24(19,5)14-30-22(2,3)31-20)18(15)8-7-17-16(12-29-21(17)25)13-32(26,27)28/h7,16,18-20H,1,6,8-14H2,2-5H3,(H,26,27,28). The zero-order chi connectivity index (χ0) is 23.5. The summed E-state index contributed by atoms with van der Waals surface area (Å²) in [6, 6.07) is 0. The van der Waals surface area contributed by atoms with E-state index in [1.54, 1.807) is 0 Å². The van der Waals surface area contributed by atoms with E-state index in [2.05, 4.69) is 20.4 Å². The SMILES string of the molecule is C=C1CCC2C3(C)COC(C)(C)OC3CCC2(C)C1CC=C1C(=O)OCC1CS(=O)(=O)O. The molecule has 2 saturated heterocycles. The first-order valence-electron chi connectivity index (χ1n) is 11.6. The molecule has 0 aromatic rings. The number of carbonyl (C=O) groups is 1. The van der Waals surface area contributed by atoms with Crippen LogP contribution >= 0.6 is 0 Å². The first-order valence-corrected chi connectivity index (χ1v) is 13.2. The second-order valence-corrected chi connectivity index (χ2v) is 12.6. The highest BCUT2D eigenvalue weighted by Gasteiger charge is 2.60. The molecule has 0 radical (unpaired) electrons. The van der Waals surface area contributed by atoms with Crippen LogP contribution < -0.4 is 0 Å². The summed E-state index contributed by atoms with van der Waals surface area (Å²) in [4.78, 5) is 12.3. The van der Waals surface area contributed by atoms with Gasteiger partial charge in [-0.15, -0.1) is 0 Å². The molecule has 4 fully saturated rings. The van der Waals surface area contributed by atoms with Gasteiger partial charge in [-0.05, 0) is 63.2 Å². The Labute approximate surface area is 191 Å². The van der Waals surface area contributed by atoms with Gasteiger partial charge >= 0.3 is 5.97 Å². The summed E-state index contributed by atoms with van der Waals surface area (Å²) in [6.45, 7) is 13.6. The Bertz CT molecular complexity index is 936. The molecular formula is C24H36O7S. The van der Waals surface area contributed by atoms with Crippen LogP contribution in [0.25, 0.3) is 0 Å². The predicted octanol–water partition coefficient (Wildman–Crippen LogP) is 3.90. The quantitative estimate of drug-likeness (QED) is 0.289. The molecule has 8 heteroatoms. The zero-order valence-corrected chi connectivity index (χ0v) is 20.4. The molecule has 6 atom stereocenters. The van der Waals surface area contributed by atoms with Crippen LogP contribution in [0, 0.1) is 28.6 Å². The topological polar surface area (TPSA) is 99.1 Å². The number of carbonyl (C=O) groups excluding carboxylic acids is 1. The van der Waals surface area contributed by atoms with Gasteiger partial charge in [0.05, 0.1) is 25.1 Å². The van der Waals surface area contributed by atoms with Crippen LogP contribution in [-0.2, 0) is 29.1 Å². The lowest BCUT2D eigenvalue weighted by atomic mass is 9.46. The molecule has 4 rings (SSSR count). The van der Waals surface area contributed by atoms with Crippen molar-refractivity contribution in [1.82, 2.24) is 0 Å². The molecule has 32 heavy (non-hydrogen) atoms. The molecule has 0 aromatic heterocycles. The lowest BCUT2D eigenvalue weighted by molar-refractivity contribution is -0.344. The van der Waals surface area contributed by atoms with E-state index in [9.17, 15) is 17.8 Å². The fourth-order valence-corrected chi connectivity index (χ4v) is 7.69. The van der Waals surface area contributed by atoms with Gasteiger partial charge in [-0.2, -0.15) is 8.42 Å². The molecule has 0 aromatic carbocycles. The minimum Gasteiger partial charge on any atom is -0.462 e. The summed E-state index contributed by atoms with van der Waals surface area (Å²) in [5.74, 6) is -1.63. The van der Waals surface area contributed by atoms with E-state index in [4.69, 9.17) is 14.2 Å². The molecule has 0 spiro atoms. The van der Waals surface area contributed by atoms with Gasteiger partial charge in [0.15, 0.2) is 5.79 Å². The van der Waals surface area contributed by atoms with Crippen LogP contribution in [0.2, 0.25) is 0 Å². The van der Waals surface area contributed by atoms with Gasteiger partial charge in [0, 0.05) is 16.9 Å². The number of hydrogen-bond donors (Lipinski definition) is 1. The summed E-state index contributed by atoms with van der Waals surface area (Å²) in [5.41, 5.74) is 1.42. The van der Waals surface area contributed by atoms with Gasteiger partial charge < -0.3 is 14.2 Å². The molecule has 2 heterocycles. The van der Waals surface area contributed by atoms with E-state index in [-0.39, 0.29) is 29.5 Å². The van der Waals surface area contributed by atoms with E-state index < -0.39 is 33.5 Å². The predicted molar refractivity (Wildman–Crippen MR) is 119 cm³/mol. The van der Waals surface area contributed by atoms with Crippen molar-refractivity contribution < 1.29 is 32.0 Å². The van der Waals surface area contributed by atoms with Crippen molar-refractivity contribution in [2.45, 2.75) is 71.7 Å². The molecule has 2 saturated carbocycles. The number of hydrogen-bond acceptors (Lipinski definition) is 6. The van der Waals surface area contributed by atoms with Crippen LogP contribution in [0.4, 0.5) is 0 Å². The number of allylic oxidation sites excluding steroid dienone is 2. The molecular weight excluding hydrogens is 432 g/mol.